The molecule has 1 saturated heterocycles. The highest BCUT2D eigenvalue weighted by molar-refractivity contribution is 5.96. The van der Waals surface area contributed by atoms with Crippen LogP contribution in [-0.2, 0) is 11.0 Å². The lowest BCUT2D eigenvalue weighted by molar-refractivity contribution is -0.137. The summed E-state index contributed by atoms with van der Waals surface area (Å²) in [6, 6.07) is 4.79. The van der Waals surface area contributed by atoms with E-state index in [1.807, 2.05) is 0 Å². The second-order valence-electron chi connectivity index (χ2n) is 8.06. The van der Waals surface area contributed by atoms with Crippen molar-refractivity contribution in [1.82, 2.24) is 15.5 Å². The molecule has 2 aliphatic rings. The van der Waals surface area contributed by atoms with Gasteiger partial charge in [-0.1, -0.05) is 6.07 Å². The summed E-state index contributed by atoms with van der Waals surface area (Å²) in [5.41, 5.74) is -1.01. The zero-order valence-corrected chi connectivity index (χ0v) is 16.1. The number of alkyl halides is 3. The lowest BCUT2D eigenvalue weighted by Crippen LogP contribution is -2.42. The standard InChI is InChI=1S/C20H26F3N3O2/c1-12(2)26-10-14-7-17(8-15(14)11-26)25-18(27)9-24-19(28)13-4-3-5-16(6-13)20(21,22)23/h3-6,12,14-15,17H,7-11H2,1-2H3,(H,24,28)(H,25,27). The van der Waals surface area contributed by atoms with Gasteiger partial charge in [0.2, 0.25) is 5.91 Å². The smallest absolute Gasteiger partial charge is 0.352 e. The third kappa shape index (κ3) is 4.84. The third-order valence-electron chi connectivity index (χ3n) is 5.74. The maximum Gasteiger partial charge on any atom is 0.416 e. The molecule has 0 radical (unpaired) electrons. The van der Waals surface area contributed by atoms with E-state index in [2.05, 4.69) is 29.4 Å². The van der Waals surface area contributed by atoms with Gasteiger partial charge in [0.25, 0.3) is 5.91 Å². The number of fused-ring (bicyclic) bond motifs is 1. The van der Waals surface area contributed by atoms with Crippen molar-refractivity contribution in [3.05, 3.63) is 35.4 Å². The first kappa shape index (κ1) is 20.6. The van der Waals surface area contributed by atoms with Crippen molar-refractivity contribution in [2.75, 3.05) is 19.6 Å². The lowest BCUT2D eigenvalue weighted by Gasteiger charge is -2.22. The van der Waals surface area contributed by atoms with Crippen LogP contribution in [0.5, 0.6) is 0 Å². The first-order chi connectivity index (χ1) is 13.1. The van der Waals surface area contributed by atoms with E-state index in [0.717, 1.165) is 38.1 Å². The summed E-state index contributed by atoms with van der Waals surface area (Å²) in [7, 11) is 0. The van der Waals surface area contributed by atoms with Crippen molar-refractivity contribution < 1.29 is 22.8 Å². The molecule has 2 fully saturated rings. The summed E-state index contributed by atoms with van der Waals surface area (Å²) in [6.45, 7) is 6.24. The maximum atomic E-state index is 12.7. The van der Waals surface area contributed by atoms with Gasteiger partial charge in [0, 0.05) is 30.7 Å². The van der Waals surface area contributed by atoms with Crippen LogP contribution in [0.25, 0.3) is 0 Å². The Labute approximate surface area is 162 Å². The van der Waals surface area contributed by atoms with E-state index in [1.165, 1.54) is 12.1 Å². The van der Waals surface area contributed by atoms with E-state index < -0.39 is 17.6 Å². The molecule has 28 heavy (non-hydrogen) atoms. The molecule has 1 aromatic carbocycles. The number of amides is 2. The highest BCUT2D eigenvalue weighted by atomic mass is 19.4. The Morgan fingerprint density at radius 3 is 2.39 bits per heavy atom. The summed E-state index contributed by atoms with van der Waals surface area (Å²) in [5.74, 6) is 0.169. The van der Waals surface area contributed by atoms with Gasteiger partial charge in [0.15, 0.2) is 0 Å². The first-order valence-corrected chi connectivity index (χ1v) is 9.62. The minimum Gasteiger partial charge on any atom is -0.352 e. The molecule has 1 aromatic rings. The normalized spacial score (nSPS) is 25.0. The number of halogens is 3. The number of carbonyl (C=O) groups is 2. The van der Waals surface area contributed by atoms with E-state index in [0.29, 0.717) is 17.9 Å². The SMILES string of the molecule is CC(C)N1CC2CC(NC(=O)CNC(=O)c3cccc(C(F)(F)F)c3)CC2C1. The lowest BCUT2D eigenvalue weighted by atomic mass is 10.0. The quantitative estimate of drug-likeness (QED) is 0.803. The fraction of sp³-hybridized carbons (Fsp3) is 0.600. The Balaban J connectivity index is 1.45. The van der Waals surface area contributed by atoms with Crippen LogP contribution in [0.1, 0.15) is 42.6 Å². The fourth-order valence-corrected chi connectivity index (χ4v) is 4.25. The molecule has 0 spiro atoms. The predicted octanol–water partition coefficient (Wildman–Crippen LogP) is 2.67. The summed E-state index contributed by atoms with van der Waals surface area (Å²) >= 11 is 0. The molecular weight excluding hydrogens is 371 g/mol. The Bertz CT molecular complexity index is 722. The minimum absolute atomic E-state index is 0.0993. The summed E-state index contributed by atoms with van der Waals surface area (Å²) in [4.78, 5) is 26.7. The van der Waals surface area contributed by atoms with Gasteiger partial charge in [-0.25, -0.2) is 0 Å². The molecule has 1 aliphatic carbocycles. The van der Waals surface area contributed by atoms with Crippen LogP contribution in [0.3, 0.4) is 0 Å². The minimum atomic E-state index is -4.51. The maximum absolute atomic E-state index is 12.7. The van der Waals surface area contributed by atoms with Gasteiger partial charge < -0.3 is 15.5 Å². The predicted molar refractivity (Wildman–Crippen MR) is 98.6 cm³/mol. The van der Waals surface area contributed by atoms with E-state index in [1.54, 1.807) is 0 Å². The van der Waals surface area contributed by atoms with E-state index in [9.17, 15) is 22.8 Å². The van der Waals surface area contributed by atoms with Gasteiger partial charge in [-0.3, -0.25) is 9.59 Å². The molecule has 0 aromatic heterocycles. The van der Waals surface area contributed by atoms with E-state index >= 15 is 0 Å². The summed E-state index contributed by atoms with van der Waals surface area (Å²) < 4.78 is 38.2. The number of likely N-dealkylation sites (tertiary alicyclic amines) is 1. The molecule has 8 heteroatoms. The van der Waals surface area contributed by atoms with Crippen molar-refractivity contribution in [1.29, 1.82) is 0 Å². The number of carbonyl (C=O) groups excluding carboxylic acids is 2. The molecule has 0 bridgehead atoms. The van der Waals surface area contributed by atoms with Crippen LogP contribution in [0.15, 0.2) is 24.3 Å². The molecule has 1 aliphatic heterocycles. The molecule has 2 amide bonds. The average molecular weight is 397 g/mol. The summed E-state index contributed by atoms with van der Waals surface area (Å²) in [5, 5.41) is 5.34. The van der Waals surface area contributed by atoms with Crippen LogP contribution < -0.4 is 10.6 Å². The second kappa shape index (κ2) is 8.11. The molecular formula is C20H26F3N3O2. The largest absolute Gasteiger partial charge is 0.416 e. The molecule has 1 heterocycles. The molecule has 2 atom stereocenters. The van der Waals surface area contributed by atoms with Crippen molar-refractivity contribution in [3.63, 3.8) is 0 Å². The van der Waals surface area contributed by atoms with Gasteiger partial charge in [-0.15, -0.1) is 0 Å². The fourth-order valence-electron chi connectivity index (χ4n) is 4.25. The number of hydrogen-bond donors (Lipinski definition) is 2. The highest BCUT2D eigenvalue weighted by Crippen LogP contribution is 2.38. The van der Waals surface area contributed by atoms with Gasteiger partial charge in [0.05, 0.1) is 12.1 Å². The number of rotatable bonds is 5. The van der Waals surface area contributed by atoms with Crippen LogP contribution >= 0.6 is 0 Å². The van der Waals surface area contributed by atoms with Gasteiger partial charge in [-0.2, -0.15) is 13.2 Å². The highest BCUT2D eigenvalue weighted by Gasteiger charge is 2.41. The number of hydrogen-bond acceptors (Lipinski definition) is 3. The van der Waals surface area contributed by atoms with Gasteiger partial charge in [0.1, 0.15) is 0 Å². The first-order valence-electron chi connectivity index (χ1n) is 9.62. The number of nitrogens with zero attached hydrogens (tertiary/aromatic N) is 1. The molecule has 3 rings (SSSR count). The van der Waals surface area contributed by atoms with Crippen LogP contribution in [-0.4, -0.2) is 48.4 Å². The van der Waals surface area contributed by atoms with Crippen LogP contribution in [0.2, 0.25) is 0 Å². The Kier molecular flexibility index (Phi) is 5.98. The van der Waals surface area contributed by atoms with Gasteiger partial charge in [-0.05, 0) is 56.7 Å². The van der Waals surface area contributed by atoms with Gasteiger partial charge >= 0.3 is 6.18 Å². The zero-order chi connectivity index (χ0) is 20.5. The molecule has 5 nitrogen and oxygen atoms in total. The molecule has 154 valence electrons. The topological polar surface area (TPSA) is 61.4 Å². The third-order valence-corrected chi connectivity index (χ3v) is 5.74. The van der Waals surface area contributed by atoms with E-state index in [-0.39, 0.29) is 24.1 Å². The molecule has 2 unspecified atom stereocenters. The monoisotopic (exact) mass is 397 g/mol. The molecule has 2 N–H and O–H groups in total. The van der Waals surface area contributed by atoms with E-state index in [4.69, 9.17) is 0 Å². The van der Waals surface area contributed by atoms with Crippen molar-refractivity contribution in [3.8, 4) is 0 Å². The Hall–Kier alpha value is -2.09. The number of benzene rings is 1. The van der Waals surface area contributed by atoms with Crippen molar-refractivity contribution in [2.45, 2.75) is 44.9 Å². The Morgan fingerprint density at radius 1 is 1.18 bits per heavy atom. The zero-order valence-electron chi connectivity index (χ0n) is 16.1. The van der Waals surface area contributed by atoms with Crippen molar-refractivity contribution in [2.24, 2.45) is 11.8 Å². The van der Waals surface area contributed by atoms with Crippen molar-refractivity contribution >= 4 is 11.8 Å². The average Bonchev–Trinajstić information content (AvgIpc) is 3.17. The van der Waals surface area contributed by atoms with Crippen LogP contribution in [0, 0.1) is 11.8 Å². The Morgan fingerprint density at radius 2 is 1.82 bits per heavy atom. The second-order valence-corrected chi connectivity index (χ2v) is 8.06. The molecule has 1 saturated carbocycles. The van der Waals surface area contributed by atoms with Crippen LogP contribution in [0.4, 0.5) is 13.2 Å². The summed E-state index contributed by atoms with van der Waals surface area (Å²) in [6.07, 6.45) is -2.65. The number of nitrogens with one attached hydrogen (secondary N) is 2.